The predicted molar refractivity (Wildman–Crippen MR) is 99.0 cm³/mol. The van der Waals surface area contributed by atoms with Crippen LogP contribution in [-0.4, -0.2) is 19.2 Å². The van der Waals surface area contributed by atoms with Gasteiger partial charge in [-0.2, -0.15) is 0 Å². The molecule has 2 aromatic carbocycles. The van der Waals surface area contributed by atoms with E-state index in [0.717, 1.165) is 11.1 Å². The molecule has 0 bridgehead atoms. The average Bonchev–Trinajstić information content (AvgIpc) is 2.65. The number of ether oxygens (including phenoxy) is 2. The summed E-state index contributed by atoms with van der Waals surface area (Å²) in [6.07, 6.45) is -1.31. The van der Waals surface area contributed by atoms with E-state index in [2.05, 4.69) is 0 Å². The summed E-state index contributed by atoms with van der Waals surface area (Å²) in [5, 5.41) is 11.5. The molecule has 0 aliphatic rings. The van der Waals surface area contributed by atoms with Crippen LogP contribution in [0.15, 0.2) is 45.6 Å². The summed E-state index contributed by atoms with van der Waals surface area (Å²) in [6.45, 7) is 5.11. The number of methoxy groups -OCH3 is 1. The molecule has 0 spiro atoms. The minimum absolute atomic E-state index is 0.159. The maximum atomic E-state index is 13.0. The Labute approximate surface area is 156 Å². The van der Waals surface area contributed by atoms with Crippen molar-refractivity contribution in [3.8, 4) is 22.8 Å². The lowest BCUT2D eigenvalue weighted by molar-refractivity contribution is -0.312. The minimum atomic E-state index is -1.42. The molecule has 140 valence electrons. The van der Waals surface area contributed by atoms with Gasteiger partial charge in [0.1, 0.15) is 17.4 Å². The molecule has 27 heavy (non-hydrogen) atoms. The normalized spacial score (nSPS) is 12.0. The van der Waals surface area contributed by atoms with Gasteiger partial charge in [0, 0.05) is 5.56 Å². The number of fused-ring (bicyclic) bond motifs is 1. The zero-order chi connectivity index (χ0) is 19.7. The van der Waals surface area contributed by atoms with E-state index in [9.17, 15) is 14.7 Å². The second-order valence-corrected chi connectivity index (χ2v) is 6.33. The van der Waals surface area contributed by atoms with Crippen molar-refractivity contribution >= 4 is 16.9 Å². The van der Waals surface area contributed by atoms with Gasteiger partial charge < -0.3 is 23.8 Å². The van der Waals surface area contributed by atoms with Gasteiger partial charge >= 0.3 is 0 Å². The van der Waals surface area contributed by atoms with Crippen LogP contribution in [0.3, 0.4) is 0 Å². The summed E-state index contributed by atoms with van der Waals surface area (Å²) < 4.78 is 16.5. The molecule has 3 aromatic rings. The van der Waals surface area contributed by atoms with Gasteiger partial charge in [-0.15, -0.1) is 0 Å². The van der Waals surface area contributed by atoms with Crippen LogP contribution in [0.1, 0.15) is 18.1 Å². The first kappa shape index (κ1) is 18.5. The highest BCUT2D eigenvalue weighted by Crippen LogP contribution is 2.33. The van der Waals surface area contributed by atoms with Gasteiger partial charge in [0.15, 0.2) is 5.76 Å². The fraction of sp³-hybridized carbons (Fsp3) is 0.238. The average molecular weight is 367 g/mol. The van der Waals surface area contributed by atoms with Gasteiger partial charge in [-0.3, -0.25) is 4.79 Å². The number of benzene rings is 2. The smallest absolute Gasteiger partial charge is 0.235 e. The molecule has 0 saturated carbocycles. The third-order valence-electron chi connectivity index (χ3n) is 4.44. The van der Waals surface area contributed by atoms with E-state index in [-0.39, 0.29) is 11.5 Å². The standard InChI is InChI=1S/C21H20O6/c1-11-9-16-17(10-12(11)2)27-19(14-5-7-15(25-4)8-6-14)20(18(16)22)26-13(3)21(23)24/h5-10,13H,1-4H3,(H,23,24)/p-1/t13-/m1/s1. The molecule has 0 aliphatic heterocycles. The van der Waals surface area contributed by atoms with Crippen LogP contribution in [0.25, 0.3) is 22.3 Å². The van der Waals surface area contributed by atoms with E-state index in [1.54, 1.807) is 43.5 Å². The lowest BCUT2D eigenvalue weighted by Crippen LogP contribution is -2.38. The molecule has 0 unspecified atom stereocenters. The van der Waals surface area contributed by atoms with Crippen molar-refractivity contribution in [2.75, 3.05) is 7.11 Å². The van der Waals surface area contributed by atoms with Gasteiger partial charge in [0.25, 0.3) is 0 Å². The molecule has 1 atom stereocenters. The summed E-state index contributed by atoms with van der Waals surface area (Å²) in [5.74, 6) is -0.784. The monoisotopic (exact) mass is 367 g/mol. The lowest BCUT2D eigenvalue weighted by Gasteiger charge is -2.18. The molecule has 6 nitrogen and oxygen atoms in total. The zero-order valence-corrected chi connectivity index (χ0v) is 15.5. The Morgan fingerprint density at radius 1 is 1.11 bits per heavy atom. The third-order valence-corrected chi connectivity index (χ3v) is 4.44. The zero-order valence-electron chi connectivity index (χ0n) is 15.5. The van der Waals surface area contributed by atoms with Crippen LogP contribution >= 0.6 is 0 Å². The topological polar surface area (TPSA) is 88.8 Å². The number of hydrogen-bond acceptors (Lipinski definition) is 6. The number of aryl methyl sites for hydroxylation is 2. The summed E-state index contributed by atoms with van der Waals surface area (Å²) >= 11 is 0. The summed E-state index contributed by atoms with van der Waals surface area (Å²) in [7, 11) is 1.55. The van der Waals surface area contributed by atoms with Crippen LogP contribution < -0.4 is 20.0 Å². The third kappa shape index (κ3) is 3.51. The Bertz CT molecular complexity index is 1060. The van der Waals surface area contributed by atoms with E-state index in [1.807, 2.05) is 13.8 Å². The van der Waals surface area contributed by atoms with Crippen LogP contribution in [0.2, 0.25) is 0 Å². The second kappa shape index (κ2) is 7.15. The van der Waals surface area contributed by atoms with Crippen molar-refractivity contribution in [2.24, 2.45) is 0 Å². The van der Waals surface area contributed by atoms with Gasteiger partial charge in [-0.25, -0.2) is 0 Å². The van der Waals surface area contributed by atoms with Crippen molar-refractivity contribution in [2.45, 2.75) is 26.9 Å². The first-order valence-electron chi connectivity index (χ1n) is 8.41. The molecule has 1 heterocycles. The number of carboxylic acids is 1. The molecule has 0 radical (unpaired) electrons. The maximum absolute atomic E-state index is 13.0. The van der Waals surface area contributed by atoms with Crippen molar-refractivity contribution < 1.29 is 23.8 Å². The summed E-state index contributed by atoms with van der Waals surface area (Å²) in [5.41, 5.74) is 2.43. The Balaban J connectivity index is 2.29. The molecule has 1 aromatic heterocycles. The first-order valence-corrected chi connectivity index (χ1v) is 8.41. The number of hydrogen-bond donors (Lipinski definition) is 0. The maximum Gasteiger partial charge on any atom is 0.235 e. The molecule has 0 amide bonds. The highest BCUT2D eigenvalue weighted by Gasteiger charge is 2.21. The van der Waals surface area contributed by atoms with Crippen molar-refractivity contribution in [1.82, 2.24) is 0 Å². The summed E-state index contributed by atoms with van der Waals surface area (Å²) in [6, 6.07) is 10.3. The molecule has 0 N–H and O–H groups in total. The number of aliphatic carboxylic acids is 1. The minimum Gasteiger partial charge on any atom is -0.546 e. The van der Waals surface area contributed by atoms with E-state index < -0.39 is 17.5 Å². The molecule has 0 aliphatic carbocycles. The number of carbonyl (C=O) groups excluding carboxylic acids is 1. The fourth-order valence-electron chi connectivity index (χ4n) is 2.70. The van der Waals surface area contributed by atoms with Crippen LogP contribution in [0.5, 0.6) is 11.5 Å². The fourth-order valence-corrected chi connectivity index (χ4v) is 2.70. The molecule has 6 heteroatoms. The predicted octanol–water partition coefficient (Wildman–Crippen LogP) is 2.60. The van der Waals surface area contributed by atoms with E-state index >= 15 is 0 Å². The van der Waals surface area contributed by atoms with Crippen molar-refractivity contribution in [1.29, 1.82) is 0 Å². The molecular weight excluding hydrogens is 348 g/mol. The van der Waals surface area contributed by atoms with Crippen LogP contribution in [0.4, 0.5) is 0 Å². The lowest BCUT2D eigenvalue weighted by atomic mass is 10.0. The first-order chi connectivity index (χ1) is 12.8. The van der Waals surface area contributed by atoms with Crippen molar-refractivity contribution in [3.05, 3.63) is 57.7 Å². The second-order valence-electron chi connectivity index (χ2n) is 6.33. The number of carboxylic acid groups (broad SMARTS) is 1. The van der Waals surface area contributed by atoms with E-state index in [0.29, 0.717) is 22.3 Å². The molecule has 0 fully saturated rings. The molecule has 3 rings (SSSR count). The van der Waals surface area contributed by atoms with Gasteiger partial charge in [-0.05, 0) is 68.3 Å². The van der Waals surface area contributed by atoms with Gasteiger partial charge in [0.2, 0.25) is 11.2 Å². The van der Waals surface area contributed by atoms with Gasteiger partial charge in [-0.1, -0.05) is 0 Å². The van der Waals surface area contributed by atoms with E-state index in [4.69, 9.17) is 13.9 Å². The largest absolute Gasteiger partial charge is 0.546 e. The summed E-state index contributed by atoms with van der Waals surface area (Å²) in [4.78, 5) is 24.2. The highest BCUT2D eigenvalue weighted by molar-refractivity contribution is 5.83. The van der Waals surface area contributed by atoms with Crippen LogP contribution in [-0.2, 0) is 4.79 Å². The van der Waals surface area contributed by atoms with Crippen molar-refractivity contribution in [3.63, 3.8) is 0 Å². The SMILES string of the molecule is COc1ccc(-c2oc3cc(C)c(C)cc3c(=O)c2O[C@H](C)C(=O)[O-])cc1. The Hall–Kier alpha value is -3.28. The molecule has 0 saturated heterocycles. The Morgan fingerprint density at radius 3 is 2.33 bits per heavy atom. The van der Waals surface area contributed by atoms with Crippen LogP contribution in [0, 0.1) is 13.8 Å². The number of rotatable bonds is 5. The van der Waals surface area contributed by atoms with Gasteiger partial charge in [0.05, 0.1) is 18.5 Å². The highest BCUT2D eigenvalue weighted by atomic mass is 16.5. The number of carbonyl (C=O) groups is 1. The molecular formula is C21H19O6-. The quantitative estimate of drug-likeness (QED) is 0.689. The van der Waals surface area contributed by atoms with E-state index in [1.165, 1.54) is 6.92 Å². The Morgan fingerprint density at radius 2 is 1.74 bits per heavy atom. The Kier molecular flexibility index (Phi) is 4.90.